The number of hydrogen-bond acceptors (Lipinski definition) is 7. The van der Waals surface area contributed by atoms with E-state index >= 15 is 0 Å². The zero-order valence-electron chi connectivity index (χ0n) is 12.3. The normalized spacial score (nSPS) is 29.9. The highest BCUT2D eigenvalue weighted by Crippen LogP contribution is 2.32. The first-order valence-electron chi connectivity index (χ1n) is 6.83. The molecule has 11 heteroatoms. The predicted octanol–water partition coefficient (Wildman–Crippen LogP) is -0.246. The van der Waals surface area contributed by atoms with Crippen LogP contribution in [0.15, 0.2) is 24.3 Å². The van der Waals surface area contributed by atoms with Gasteiger partial charge in [0.05, 0.1) is 11.1 Å². The Kier molecular flexibility index (Phi) is 5.32. The van der Waals surface area contributed by atoms with Gasteiger partial charge in [0.25, 0.3) is 0 Å². The van der Waals surface area contributed by atoms with Gasteiger partial charge in [-0.3, -0.25) is 0 Å². The van der Waals surface area contributed by atoms with Crippen molar-refractivity contribution in [2.75, 3.05) is 0 Å². The number of hydrogen-bond donors (Lipinski definition) is 4. The second-order valence-electron chi connectivity index (χ2n) is 5.18. The van der Waals surface area contributed by atoms with Crippen molar-refractivity contribution in [1.29, 1.82) is 0 Å². The van der Waals surface area contributed by atoms with Crippen molar-refractivity contribution in [1.82, 2.24) is 0 Å². The first-order chi connectivity index (χ1) is 11.5. The van der Waals surface area contributed by atoms with Gasteiger partial charge in [-0.1, -0.05) is 12.1 Å². The van der Waals surface area contributed by atoms with Gasteiger partial charge in [-0.15, -0.1) is 0 Å². The fraction of sp³-hybridized carbons (Fsp3) is 0.429. The van der Waals surface area contributed by atoms with E-state index in [0.717, 1.165) is 18.2 Å². The maximum absolute atomic E-state index is 12.9. The van der Waals surface area contributed by atoms with Crippen molar-refractivity contribution in [2.24, 2.45) is 0 Å². The molecule has 1 heterocycles. The highest BCUT2D eigenvalue weighted by Gasteiger charge is 2.49. The minimum Gasteiger partial charge on any atom is -0.479 e. The molecule has 0 bridgehead atoms. The number of carboxylic acids is 1. The van der Waals surface area contributed by atoms with Gasteiger partial charge >= 0.3 is 18.1 Å². The van der Waals surface area contributed by atoms with E-state index in [-0.39, 0.29) is 0 Å². The van der Waals surface area contributed by atoms with Crippen molar-refractivity contribution in [2.45, 2.75) is 36.9 Å². The molecule has 25 heavy (non-hydrogen) atoms. The van der Waals surface area contributed by atoms with Gasteiger partial charge in [0.1, 0.15) is 18.3 Å². The number of esters is 1. The zero-order chi connectivity index (χ0) is 18.9. The van der Waals surface area contributed by atoms with Crippen LogP contribution in [0.2, 0.25) is 0 Å². The summed E-state index contributed by atoms with van der Waals surface area (Å²) in [6, 6.07) is 3.64. The zero-order valence-corrected chi connectivity index (χ0v) is 12.3. The maximum Gasteiger partial charge on any atom is 0.417 e. The van der Waals surface area contributed by atoms with Gasteiger partial charge in [-0.25, -0.2) is 9.59 Å². The van der Waals surface area contributed by atoms with Crippen molar-refractivity contribution in [3.63, 3.8) is 0 Å². The Bertz CT molecular complexity index is 662. The number of benzene rings is 1. The van der Waals surface area contributed by atoms with Crippen LogP contribution in [-0.2, 0) is 20.4 Å². The van der Waals surface area contributed by atoms with Crippen LogP contribution in [0.1, 0.15) is 15.9 Å². The summed E-state index contributed by atoms with van der Waals surface area (Å²) in [4.78, 5) is 22.9. The molecule has 0 saturated carbocycles. The van der Waals surface area contributed by atoms with E-state index < -0.39 is 59.9 Å². The van der Waals surface area contributed by atoms with E-state index in [1.165, 1.54) is 0 Å². The molecule has 1 aromatic rings. The van der Waals surface area contributed by atoms with Crippen LogP contribution < -0.4 is 0 Å². The Labute approximate surface area is 138 Å². The number of carboxylic acid groups (broad SMARTS) is 1. The molecule has 1 aromatic carbocycles. The Morgan fingerprint density at radius 2 is 1.64 bits per heavy atom. The van der Waals surface area contributed by atoms with Gasteiger partial charge in [-0.05, 0) is 12.1 Å². The predicted molar refractivity (Wildman–Crippen MR) is 71.2 cm³/mol. The lowest BCUT2D eigenvalue weighted by atomic mass is 9.99. The van der Waals surface area contributed by atoms with Gasteiger partial charge in [0.2, 0.25) is 6.29 Å². The van der Waals surface area contributed by atoms with E-state index in [0.29, 0.717) is 6.07 Å². The number of carbonyl (C=O) groups excluding carboxylic acids is 1. The van der Waals surface area contributed by atoms with E-state index in [4.69, 9.17) is 5.11 Å². The fourth-order valence-electron chi connectivity index (χ4n) is 2.23. The molecule has 0 aromatic heterocycles. The lowest BCUT2D eigenvalue weighted by molar-refractivity contribution is -0.278. The molecule has 0 spiro atoms. The molecular weight excluding hydrogens is 353 g/mol. The third-order valence-electron chi connectivity index (χ3n) is 3.49. The molecule has 2 rings (SSSR count). The Morgan fingerprint density at radius 1 is 1.04 bits per heavy atom. The number of aliphatic carboxylic acids is 1. The van der Waals surface area contributed by atoms with E-state index in [9.17, 15) is 38.1 Å². The summed E-state index contributed by atoms with van der Waals surface area (Å²) in [5.41, 5.74) is -2.20. The number of aliphatic hydroxyl groups excluding tert-OH is 3. The number of aliphatic hydroxyl groups is 3. The summed E-state index contributed by atoms with van der Waals surface area (Å²) < 4.78 is 48.0. The summed E-state index contributed by atoms with van der Waals surface area (Å²) in [5, 5.41) is 37.7. The molecule has 0 radical (unpaired) electrons. The van der Waals surface area contributed by atoms with Crippen molar-refractivity contribution >= 4 is 11.9 Å². The summed E-state index contributed by atoms with van der Waals surface area (Å²) in [5.74, 6) is -3.28. The molecular formula is C14H13F3O8. The largest absolute Gasteiger partial charge is 0.479 e. The topological polar surface area (TPSA) is 134 Å². The number of alkyl halides is 3. The van der Waals surface area contributed by atoms with Crippen LogP contribution in [0.25, 0.3) is 0 Å². The molecule has 4 N–H and O–H groups in total. The average Bonchev–Trinajstić information content (AvgIpc) is 2.54. The van der Waals surface area contributed by atoms with Crippen LogP contribution in [0.4, 0.5) is 13.2 Å². The molecule has 1 saturated heterocycles. The number of halogens is 3. The van der Waals surface area contributed by atoms with Gasteiger partial charge < -0.3 is 29.9 Å². The number of ether oxygens (including phenoxy) is 2. The standard InChI is InChI=1S/C14H13F3O8/c15-14(16,17)6-4-2-1-3-5(6)12(23)25-13-9(20)7(18)8(19)10(24-13)11(21)22/h1-4,7-10,13,18-20H,(H,21,22)/t7-,8-,9+,10-,13-/m0/s1. The smallest absolute Gasteiger partial charge is 0.417 e. The number of carbonyl (C=O) groups is 2. The quantitative estimate of drug-likeness (QED) is 0.539. The lowest BCUT2D eigenvalue weighted by Crippen LogP contribution is -2.60. The van der Waals surface area contributed by atoms with Crippen molar-refractivity contribution in [3.05, 3.63) is 35.4 Å². The molecule has 8 nitrogen and oxygen atoms in total. The summed E-state index contributed by atoms with van der Waals surface area (Å²) in [7, 11) is 0. The highest BCUT2D eigenvalue weighted by atomic mass is 19.4. The average molecular weight is 366 g/mol. The molecule has 0 aliphatic carbocycles. The second-order valence-corrected chi connectivity index (χ2v) is 5.18. The van der Waals surface area contributed by atoms with Gasteiger partial charge in [-0.2, -0.15) is 13.2 Å². The van der Waals surface area contributed by atoms with Crippen LogP contribution >= 0.6 is 0 Å². The minimum absolute atomic E-state index is 0.632. The molecule has 0 unspecified atom stereocenters. The summed E-state index contributed by atoms with van der Waals surface area (Å²) >= 11 is 0. The third-order valence-corrected chi connectivity index (χ3v) is 3.49. The first kappa shape index (κ1) is 19.1. The number of rotatable bonds is 3. The lowest BCUT2D eigenvalue weighted by Gasteiger charge is -2.38. The molecule has 0 amide bonds. The van der Waals surface area contributed by atoms with Gasteiger partial charge in [0, 0.05) is 0 Å². The van der Waals surface area contributed by atoms with Crippen LogP contribution in [0, 0.1) is 0 Å². The monoisotopic (exact) mass is 366 g/mol. The fourth-order valence-corrected chi connectivity index (χ4v) is 2.23. The van der Waals surface area contributed by atoms with Gasteiger partial charge in [0.15, 0.2) is 6.10 Å². The van der Waals surface area contributed by atoms with Crippen molar-refractivity contribution in [3.8, 4) is 0 Å². The molecule has 1 aliphatic heterocycles. The Balaban J connectivity index is 2.24. The third kappa shape index (κ3) is 3.90. The van der Waals surface area contributed by atoms with E-state index in [1.54, 1.807) is 0 Å². The molecule has 5 atom stereocenters. The SMILES string of the molecule is O=C(O[C@@H]1O[C@H](C(=O)O)[C@@H](O)[C@H](O)[C@H]1O)c1ccccc1C(F)(F)F. The Morgan fingerprint density at radius 3 is 2.20 bits per heavy atom. The highest BCUT2D eigenvalue weighted by molar-refractivity contribution is 5.91. The van der Waals surface area contributed by atoms with Crippen LogP contribution in [0.5, 0.6) is 0 Å². The van der Waals surface area contributed by atoms with Crippen LogP contribution in [0.3, 0.4) is 0 Å². The molecule has 1 aliphatic rings. The van der Waals surface area contributed by atoms with Crippen molar-refractivity contribution < 1.29 is 52.7 Å². The maximum atomic E-state index is 12.9. The second kappa shape index (κ2) is 6.96. The Hall–Kier alpha value is -2.21. The minimum atomic E-state index is -4.86. The van der Waals surface area contributed by atoms with E-state index in [1.807, 2.05) is 0 Å². The summed E-state index contributed by atoms with van der Waals surface area (Å²) in [6.07, 6.45) is -15.1. The summed E-state index contributed by atoms with van der Waals surface area (Å²) in [6.45, 7) is 0. The van der Waals surface area contributed by atoms with E-state index in [2.05, 4.69) is 9.47 Å². The van der Waals surface area contributed by atoms with Crippen LogP contribution in [-0.4, -0.2) is 63.1 Å². The first-order valence-corrected chi connectivity index (χ1v) is 6.83. The molecule has 1 fully saturated rings. The molecule has 138 valence electrons.